The molecule has 1 saturated carbocycles. The van der Waals surface area contributed by atoms with Crippen LogP contribution in [0, 0.1) is 17.8 Å². The second kappa shape index (κ2) is 3.14. The lowest BCUT2D eigenvalue weighted by atomic mass is 9.90. The van der Waals surface area contributed by atoms with E-state index in [-0.39, 0.29) is 17.9 Å². The average Bonchev–Trinajstić information content (AvgIpc) is 2.63. The summed E-state index contributed by atoms with van der Waals surface area (Å²) in [6, 6.07) is -0.0194. The van der Waals surface area contributed by atoms with Crippen LogP contribution in [0.3, 0.4) is 0 Å². The summed E-state index contributed by atoms with van der Waals surface area (Å²) in [6.45, 7) is 2.27. The second-order valence-electron chi connectivity index (χ2n) is 3.80. The molecule has 0 saturated heterocycles. The van der Waals surface area contributed by atoms with Crippen molar-refractivity contribution >= 4 is 5.97 Å². The molecule has 3 nitrogen and oxygen atoms in total. The third-order valence-corrected chi connectivity index (χ3v) is 3.08. The molecule has 0 aromatic rings. The SMILES string of the molecule is CCOC(=O)[C@@H]1[C@@H](N)[C@H]2C=C[C@@H]1C2. The van der Waals surface area contributed by atoms with Crippen LogP contribution in [0.5, 0.6) is 0 Å². The highest BCUT2D eigenvalue weighted by atomic mass is 16.5. The highest BCUT2D eigenvalue weighted by molar-refractivity contribution is 5.75. The maximum atomic E-state index is 11.5. The highest BCUT2D eigenvalue weighted by Crippen LogP contribution is 2.43. The third-order valence-electron chi connectivity index (χ3n) is 3.08. The predicted octanol–water partition coefficient (Wildman–Crippen LogP) is 0.699. The zero-order chi connectivity index (χ0) is 9.42. The van der Waals surface area contributed by atoms with Crippen LogP contribution in [-0.4, -0.2) is 18.6 Å². The molecule has 0 heterocycles. The zero-order valence-electron chi connectivity index (χ0n) is 7.77. The number of rotatable bonds is 2. The fraction of sp³-hybridized carbons (Fsp3) is 0.700. The molecule has 72 valence electrons. The molecular weight excluding hydrogens is 166 g/mol. The molecule has 0 aromatic carbocycles. The molecule has 2 N–H and O–H groups in total. The van der Waals surface area contributed by atoms with Crippen LogP contribution >= 0.6 is 0 Å². The van der Waals surface area contributed by atoms with Crippen LogP contribution in [0.25, 0.3) is 0 Å². The van der Waals surface area contributed by atoms with E-state index in [0.717, 1.165) is 6.42 Å². The summed E-state index contributed by atoms with van der Waals surface area (Å²) in [7, 11) is 0. The van der Waals surface area contributed by atoms with Crippen molar-refractivity contribution < 1.29 is 9.53 Å². The quantitative estimate of drug-likeness (QED) is 0.504. The maximum Gasteiger partial charge on any atom is 0.311 e. The van der Waals surface area contributed by atoms with Crippen molar-refractivity contribution in [3.63, 3.8) is 0 Å². The lowest BCUT2D eigenvalue weighted by molar-refractivity contribution is -0.149. The number of hydrogen-bond acceptors (Lipinski definition) is 3. The maximum absolute atomic E-state index is 11.5. The van der Waals surface area contributed by atoms with E-state index < -0.39 is 0 Å². The van der Waals surface area contributed by atoms with E-state index in [2.05, 4.69) is 12.2 Å². The molecule has 0 aromatic heterocycles. The zero-order valence-corrected chi connectivity index (χ0v) is 7.77. The summed E-state index contributed by atoms with van der Waals surface area (Å²) < 4.78 is 5.00. The molecule has 0 amide bonds. The molecule has 0 radical (unpaired) electrons. The summed E-state index contributed by atoms with van der Waals surface area (Å²) in [5, 5.41) is 0. The average molecular weight is 181 g/mol. The molecule has 1 fully saturated rings. The Labute approximate surface area is 77.9 Å². The van der Waals surface area contributed by atoms with Crippen molar-refractivity contribution in [2.75, 3.05) is 6.61 Å². The summed E-state index contributed by atoms with van der Waals surface area (Å²) in [6.07, 6.45) is 5.27. The Morgan fingerprint density at radius 3 is 2.77 bits per heavy atom. The van der Waals surface area contributed by atoms with Crippen molar-refractivity contribution in [1.82, 2.24) is 0 Å². The van der Waals surface area contributed by atoms with Crippen LogP contribution in [0.4, 0.5) is 0 Å². The van der Waals surface area contributed by atoms with Crippen LogP contribution in [-0.2, 0) is 9.53 Å². The van der Waals surface area contributed by atoms with Crippen molar-refractivity contribution in [2.24, 2.45) is 23.5 Å². The van der Waals surface area contributed by atoms with E-state index in [1.807, 2.05) is 6.92 Å². The number of allylic oxidation sites excluding steroid dienone is 1. The van der Waals surface area contributed by atoms with Gasteiger partial charge in [0, 0.05) is 6.04 Å². The smallest absolute Gasteiger partial charge is 0.311 e. The van der Waals surface area contributed by atoms with Gasteiger partial charge >= 0.3 is 5.97 Å². The number of hydrogen-bond donors (Lipinski definition) is 1. The number of nitrogens with two attached hydrogens (primary N) is 1. The number of carbonyl (C=O) groups is 1. The molecule has 2 aliphatic rings. The van der Waals surface area contributed by atoms with Gasteiger partial charge in [0.05, 0.1) is 12.5 Å². The third kappa shape index (κ3) is 1.27. The Balaban J connectivity index is 2.08. The first-order valence-electron chi connectivity index (χ1n) is 4.84. The van der Waals surface area contributed by atoms with Gasteiger partial charge in [-0.15, -0.1) is 0 Å². The van der Waals surface area contributed by atoms with Gasteiger partial charge in [0.1, 0.15) is 0 Å². The molecule has 13 heavy (non-hydrogen) atoms. The number of esters is 1. The first-order chi connectivity index (χ1) is 6.24. The standard InChI is InChI=1S/C10H15NO2/c1-2-13-10(12)8-6-3-4-7(5-6)9(8)11/h3-4,6-9H,2,5,11H2,1H3/t6-,7+,8+,9+/m1/s1. The minimum absolute atomic E-state index is 0.0194. The predicted molar refractivity (Wildman–Crippen MR) is 48.8 cm³/mol. The van der Waals surface area contributed by atoms with Crippen molar-refractivity contribution in [2.45, 2.75) is 19.4 Å². The highest BCUT2D eigenvalue weighted by Gasteiger charge is 2.46. The normalized spacial score (nSPS) is 41.1. The topological polar surface area (TPSA) is 52.3 Å². The molecule has 0 unspecified atom stereocenters. The Hall–Kier alpha value is -0.830. The Morgan fingerprint density at radius 1 is 1.54 bits per heavy atom. The van der Waals surface area contributed by atoms with E-state index in [1.54, 1.807) is 0 Å². The summed E-state index contributed by atoms with van der Waals surface area (Å²) in [4.78, 5) is 11.5. The van der Waals surface area contributed by atoms with Crippen LogP contribution in [0.1, 0.15) is 13.3 Å². The van der Waals surface area contributed by atoms with E-state index >= 15 is 0 Å². The van der Waals surface area contributed by atoms with Gasteiger partial charge < -0.3 is 10.5 Å². The van der Waals surface area contributed by atoms with Crippen LogP contribution in [0.2, 0.25) is 0 Å². The molecule has 3 heteroatoms. The number of carbonyl (C=O) groups excluding carboxylic acids is 1. The van der Waals surface area contributed by atoms with Gasteiger partial charge in [-0.2, -0.15) is 0 Å². The lowest BCUT2D eigenvalue weighted by Crippen LogP contribution is -2.39. The fourth-order valence-corrected chi connectivity index (χ4v) is 2.43. The summed E-state index contributed by atoms with van der Waals surface area (Å²) in [5.41, 5.74) is 5.94. The molecular formula is C10H15NO2. The molecule has 0 spiro atoms. The van der Waals surface area contributed by atoms with Crippen LogP contribution < -0.4 is 5.73 Å². The van der Waals surface area contributed by atoms with Gasteiger partial charge in [0.2, 0.25) is 0 Å². The largest absolute Gasteiger partial charge is 0.466 e. The Morgan fingerprint density at radius 2 is 2.23 bits per heavy atom. The Bertz CT molecular complexity index is 249. The molecule has 4 atom stereocenters. The van der Waals surface area contributed by atoms with Gasteiger partial charge in [-0.1, -0.05) is 12.2 Å². The second-order valence-corrected chi connectivity index (χ2v) is 3.80. The Kier molecular flexibility index (Phi) is 2.12. The molecule has 0 aliphatic heterocycles. The minimum Gasteiger partial charge on any atom is -0.466 e. The molecule has 2 aliphatic carbocycles. The van der Waals surface area contributed by atoms with E-state index in [1.165, 1.54) is 0 Å². The van der Waals surface area contributed by atoms with Crippen molar-refractivity contribution in [3.05, 3.63) is 12.2 Å². The van der Waals surface area contributed by atoms with Gasteiger partial charge in [-0.3, -0.25) is 4.79 Å². The number of ether oxygens (including phenoxy) is 1. The van der Waals surface area contributed by atoms with Gasteiger partial charge in [0.25, 0.3) is 0 Å². The summed E-state index contributed by atoms with van der Waals surface area (Å²) in [5.74, 6) is 0.528. The fourth-order valence-electron chi connectivity index (χ4n) is 2.43. The lowest BCUT2D eigenvalue weighted by Gasteiger charge is -2.22. The van der Waals surface area contributed by atoms with Crippen molar-refractivity contribution in [1.29, 1.82) is 0 Å². The van der Waals surface area contributed by atoms with Gasteiger partial charge in [0.15, 0.2) is 0 Å². The first kappa shape index (κ1) is 8.75. The van der Waals surface area contributed by atoms with Gasteiger partial charge in [-0.25, -0.2) is 0 Å². The summed E-state index contributed by atoms with van der Waals surface area (Å²) >= 11 is 0. The van der Waals surface area contributed by atoms with E-state index in [0.29, 0.717) is 18.4 Å². The van der Waals surface area contributed by atoms with E-state index in [4.69, 9.17) is 10.5 Å². The monoisotopic (exact) mass is 181 g/mol. The number of fused-ring (bicyclic) bond motifs is 2. The molecule has 2 rings (SSSR count). The van der Waals surface area contributed by atoms with Crippen molar-refractivity contribution in [3.8, 4) is 0 Å². The molecule has 2 bridgehead atoms. The first-order valence-corrected chi connectivity index (χ1v) is 4.84. The van der Waals surface area contributed by atoms with Crippen LogP contribution in [0.15, 0.2) is 12.2 Å². The van der Waals surface area contributed by atoms with Gasteiger partial charge in [-0.05, 0) is 25.2 Å². The minimum atomic E-state index is -0.119. The van der Waals surface area contributed by atoms with E-state index in [9.17, 15) is 4.79 Å².